The maximum atomic E-state index is 12.4. The van der Waals surface area contributed by atoms with E-state index in [0.717, 1.165) is 23.4 Å². The molecule has 2 aromatic heterocycles. The van der Waals surface area contributed by atoms with Gasteiger partial charge in [-0.3, -0.25) is 14.9 Å². The van der Waals surface area contributed by atoms with Crippen molar-refractivity contribution in [1.82, 2.24) is 14.8 Å². The Morgan fingerprint density at radius 1 is 1.19 bits per heavy atom. The first-order valence-corrected chi connectivity index (χ1v) is 7.02. The maximum absolute atomic E-state index is 12.4. The van der Waals surface area contributed by atoms with Crippen LogP contribution in [0.4, 0.5) is 0 Å². The van der Waals surface area contributed by atoms with Crippen LogP contribution in [-0.4, -0.2) is 14.8 Å². The van der Waals surface area contributed by atoms with E-state index in [2.05, 4.69) is 17.0 Å². The van der Waals surface area contributed by atoms with Gasteiger partial charge in [-0.25, -0.2) is 4.68 Å². The standard InChI is InChI=1S/C17H17N3O/c1-3-13-6-8-15(9-7-13)20-17(21)12(2)16(19-20)14-5-4-10-18-11-14/h4-11,19H,3H2,1-2H3. The molecule has 0 saturated heterocycles. The lowest BCUT2D eigenvalue weighted by molar-refractivity contribution is 0.849. The Morgan fingerprint density at radius 2 is 1.95 bits per heavy atom. The van der Waals surface area contributed by atoms with Crippen molar-refractivity contribution in [1.29, 1.82) is 0 Å². The van der Waals surface area contributed by atoms with Crippen LogP contribution in [0, 0.1) is 6.92 Å². The molecule has 0 radical (unpaired) electrons. The third kappa shape index (κ3) is 2.40. The minimum atomic E-state index is -0.0295. The van der Waals surface area contributed by atoms with E-state index in [4.69, 9.17) is 0 Å². The maximum Gasteiger partial charge on any atom is 0.274 e. The number of benzene rings is 1. The monoisotopic (exact) mass is 279 g/mol. The van der Waals surface area contributed by atoms with Crippen LogP contribution in [0.3, 0.4) is 0 Å². The minimum absolute atomic E-state index is 0.0295. The van der Waals surface area contributed by atoms with Crippen LogP contribution in [-0.2, 0) is 6.42 Å². The van der Waals surface area contributed by atoms with Gasteiger partial charge in [-0.1, -0.05) is 19.1 Å². The van der Waals surface area contributed by atoms with Gasteiger partial charge in [-0.2, -0.15) is 0 Å². The third-order valence-corrected chi connectivity index (χ3v) is 3.68. The van der Waals surface area contributed by atoms with Crippen LogP contribution < -0.4 is 5.56 Å². The van der Waals surface area contributed by atoms with Gasteiger partial charge in [0.2, 0.25) is 0 Å². The Kier molecular flexibility index (Phi) is 3.44. The van der Waals surface area contributed by atoms with Gasteiger partial charge in [0.05, 0.1) is 11.4 Å². The van der Waals surface area contributed by atoms with Crippen LogP contribution in [0.15, 0.2) is 53.6 Å². The summed E-state index contributed by atoms with van der Waals surface area (Å²) in [5, 5.41) is 3.18. The zero-order chi connectivity index (χ0) is 14.8. The topological polar surface area (TPSA) is 50.7 Å². The number of aromatic amines is 1. The van der Waals surface area contributed by atoms with Gasteiger partial charge in [0.1, 0.15) is 0 Å². The van der Waals surface area contributed by atoms with Crippen molar-refractivity contribution in [2.24, 2.45) is 0 Å². The second-order valence-electron chi connectivity index (χ2n) is 5.01. The fourth-order valence-electron chi connectivity index (χ4n) is 2.38. The van der Waals surface area contributed by atoms with Crippen LogP contribution >= 0.6 is 0 Å². The van der Waals surface area contributed by atoms with Crippen molar-refractivity contribution in [3.63, 3.8) is 0 Å². The number of nitrogens with zero attached hydrogens (tertiary/aromatic N) is 2. The van der Waals surface area contributed by atoms with Gasteiger partial charge in [0, 0.05) is 23.5 Å². The highest BCUT2D eigenvalue weighted by Gasteiger charge is 2.12. The van der Waals surface area contributed by atoms with E-state index in [1.54, 1.807) is 17.1 Å². The quantitative estimate of drug-likeness (QED) is 0.801. The molecule has 106 valence electrons. The van der Waals surface area contributed by atoms with Gasteiger partial charge < -0.3 is 0 Å². The van der Waals surface area contributed by atoms with Crippen LogP contribution in [0.1, 0.15) is 18.1 Å². The van der Waals surface area contributed by atoms with Gasteiger partial charge in [0.15, 0.2) is 0 Å². The third-order valence-electron chi connectivity index (χ3n) is 3.68. The second kappa shape index (κ2) is 5.40. The molecule has 0 aliphatic carbocycles. The molecule has 0 aliphatic heterocycles. The van der Waals surface area contributed by atoms with E-state index in [9.17, 15) is 4.79 Å². The van der Waals surface area contributed by atoms with Crippen molar-refractivity contribution in [2.45, 2.75) is 20.3 Å². The molecule has 3 aromatic rings. The summed E-state index contributed by atoms with van der Waals surface area (Å²) in [6.07, 6.45) is 4.46. The first-order chi connectivity index (χ1) is 10.2. The summed E-state index contributed by atoms with van der Waals surface area (Å²) in [6, 6.07) is 11.8. The van der Waals surface area contributed by atoms with Gasteiger partial charge in [-0.15, -0.1) is 0 Å². The molecule has 0 unspecified atom stereocenters. The summed E-state index contributed by atoms with van der Waals surface area (Å²) in [7, 11) is 0. The zero-order valence-corrected chi connectivity index (χ0v) is 12.1. The predicted octanol–water partition coefficient (Wildman–Crippen LogP) is 3.10. The average molecular weight is 279 g/mol. The average Bonchev–Trinajstić information content (AvgIpc) is 2.84. The van der Waals surface area contributed by atoms with E-state index < -0.39 is 0 Å². The molecule has 0 amide bonds. The van der Waals surface area contributed by atoms with Crippen LogP contribution in [0.2, 0.25) is 0 Å². The molecule has 0 fully saturated rings. The highest BCUT2D eigenvalue weighted by Crippen LogP contribution is 2.19. The molecule has 4 heteroatoms. The summed E-state index contributed by atoms with van der Waals surface area (Å²) in [4.78, 5) is 16.5. The summed E-state index contributed by atoms with van der Waals surface area (Å²) in [5.74, 6) is 0. The molecule has 0 saturated carbocycles. The summed E-state index contributed by atoms with van der Waals surface area (Å²) in [5.41, 5.74) is 4.49. The van der Waals surface area contributed by atoms with Gasteiger partial charge in [0.25, 0.3) is 5.56 Å². The Labute approximate surface area is 123 Å². The molecule has 1 aromatic carbocycles. The van der Waals surface area contributed by atoms with Crippen molar-refractivity contribution in [3.05, 3.63) is 70.3 Å². The van der Waals surface area contributed by atoms with E-state index in [1.807, 2.05) is 43.3 Å². The lowest BCUT2D eigenvalue weighted by Gasteiger charge is -2.03. The van der Waals surface area contributed by atoms with E-state index >= 15 is 0 Å². The summed E-state index contributed by atoms with van der Waals surface area (Å²) < 4.78 is 1.58. The van der Waals surface area contributed by atoms with Crippen molar-refractivity contribution in [3.8, 4) is 16.9 Å². The fraction of sp³-hybridized carbons (Fsp3) is 0.176. The SMILES string of the molecule is CCc1ccc(-n2[nH]c(-c3cccnc3)c(C)c2=O)cc1. The molecular formula is C17H17N3O. The molecular weight excluding hydrogens is 262 g/mol. The molecule has 21 heavy (non-hydrogen) atoms. The number of rotatable bonds is 3. The molecule has 0 bridgehead atoms. The molecule has 1 N–H and O–H groups in total. The van der Waals surface area contributed by atoms with Crippen LogP contribution in [0.5, 0.6) is 0 Å². The lowest BCUT2D eigenvalue weighted by atomic mass is 10.1. The first kappa shape index (κ1) is 13.4. The van der Waals surface area contributed by atoms with Crippen LogP contribution in [0.25, 0.3) is 16.9 Å². The number of aromatic nitrogens is 3. The van der Waals surface area contributed by atoms with E-state index in [1.165, 1.54) is 5.56 Å². The summed E-state index contributed by atoms with van der Waals surface area (Å²) in [6.45, 7) is 3.94. The highest BCUT2D eigenvalue weighted by atomic mass is 16.1. The number of H-pyrrole nitrogens is 1. The number of hydrogen-bond acceptors (Lipinski definition) is 2. The molecule has 2 heterocycles. The normalized spacial score (nSPS) is 10.8. The smallest absolute Gasteiger partial charge is 0.274 e. The highest BCUT2D eigenvalue weighted by molar-refractivity contribution is 5.61. The zero-order valence-electron chi connectivity index (χ0n) is 12.1. The first-order valence-electron chi connectivity index (χ1n) is 7.02. The largest absolute Gasteiger partial charge is 0.290 e. The number of pyridine rings is 1. The summed E-state index contributed by atoms with van der Waals surface area (Å²) >= 11 is 0. The van der Waals surface area contributed by atoms with E-state index in [0.29, 0.717) is 5.56 Å². The van der Waals surface area contributed by atoms with Gasteiger partial charge >= 0.3 is 0 Å². The molecule has 3 rings (SSSR count). The van der Waals surface area contributed by atoms with Crippen molar-refractivity contribution in [2.75, 3.05) is 0 Å². The molecule has 0 spiro atoms. The molecule has 0 atom stereocenters. The second-order valence-corrected chi connectivity index (χ2v) is 5.01. The van der Waals surface area contributed by atoms with Crippen molar-refractivity contribution < 1.29 is 0 Å². The predicted molar refractivity (Wildman–Crippen MR) is 83.7 cm³/mol. The molecule has 4 nitrogen and oxygen atoms in total. The molecule has 0 aliphatic rings. The fourth-order valence-corrected chi connectivity index (χ4v) is 2.38. The number of nitrogens with one attached hydrogen (secondary N) is 1. The van der Waals surface area contributed by atoms with Gasteiger partial charge in [-0.05, 0) is 43.2 Å². The number of hydrogen-bond donors (Lipinski definition) is 1. The van der Waals surface area contributed by atoms with Crippen molar-refractivity contribution >= 4 is 0 Å². The Hall–Kier alpha value is -2.62. The Bertz CT molecular complexity index is 798. The van der Waals surface area contributed by atoms with E-state index in [-0.39, 0.29) is 5.56 Å². The Morgan fingerprint density at radius 3 is 2.57 bits per heavy atom. The minimum Gasteiger partial charge on any atom is -0.290 e. The lowest BCUT2D eigenvalue weighted by Crippen LogP contribution is -2.15. The Balaban J connectivity index is 2.10. The number of aryl methyl sites for hydroxylation is 1.